The summed E-state index contributed by atoms with van der Waals surface area (Å²) >= 11 is 0.688. The third-order valence-corrected chi connectivity index (χ3v) is 4.29. The number of benzene rings is 1. The molecule has 0 unspecified atom stereocenters. The zero-order valence-electron chi connectivity index (χ0n) is 14.1. The monoisotopic (exact) mass is 379 g/mol. The van der Waals surface area contributed by atoms with Gasteiger partial charge in [-0.2, -0.15) is 13.2 Å². The highest BCUT2D eigenvalue weighted by molar-refractivity contribution is 8.18. The molecule has 1 saturated heterocycles. The van der Waals surface area contributed by atoms with Crippen LogP contribution < -0.4 is 4.90 Å². The minimum Gasteiger partial charge on any atom is -0.268 e. The standard InChI is InChI=1S/C19H16F3NO2S/c1-4-13(9-8-12(2)3)10-16-17(24)23(18(25)26-16)15-7-5-6-14(11-15)19(20,21)22/h4-11H,2H2,1,3H3/b9-8-,13-4?,16-10-. The highest BCUT2D eigenvalue weighted by Crippen LogP contribution is 2.37. The van der Waals surface area contributed by atoms with Crippen LogP contribution in [0.15, 0.2) is 71.2 Å². The number of carbonyl (C=O) groups is 2. The van der Waals surface area contributed by atoms with Gasteiger partial charge in [-0.3, -0.25) is 9.59 Å². The molecule has 7 heteroatoms. The summed E-state index contributed by atoms with van der Waals surface area (Å²) in [6.45, 7) is 7.32. The molecule has 26 heavy (non-hydrogen) atoms. The molecule has 2 amide bonds. The molecule has 1 aliphatic heterocycles. The van der Waals surface area contributed by atoms with E-state index in [-0.39, 0.29) is 10.6 Å². The number of hydrogen-bond donors (Lipinski definition) is 0. The molecule has 0 N–H and O–H groups in total. The van der Waals surface area contributed by atoms with Gasteiger partial charge in [0.1, 0.15) is 0 Å². The summed E-state index contributed by atoms with van der Waals surface area (Å²) in [6, 6.07) is 4.14. The van der Waals surface area contributed by atoms with Crippen molar-refractivity contribution in [3.05, 3.63) is 76.8 Å². The van der Waals surface area contributed by atoms with Crippen LogP contribution in [0.1, 0.15) is 19.4 Å². The van der Waals surface area contributed by atoms with E-state index in [0.717, 1.165) is 28.7 Å². The number of alkyl halides is 3. The van der Waals surface area contributed by atoms with Gasteiger partial charge >= 0.3 is 6.18 Å². The number of hydrogen-bond acceptors (Lipinski definition) is 3. The van der Waals surface area contributed by atoms with Gasteiger partial charge in [-0.05, 0) is 55.5 Å². The number of imide groups is 1. The summed E-state index contributed by atoms with van der Waals surface area (Å²) in [4.78, 5) is 25.6. The number of rotatable bonds is 4. The lowest BCUT2D eigenvalue weighted by Gasteiger charge is -2.14. The van der Waals surface area contributed by atoms with E-state index in [9.17, 15) is 22.8 Å². The number of nitrogens with zero attached hydrogens (tertiary/aromatic N) is 1. The predicted molar refractivity (Wildman–Crippen MR) is 97.7 cm³/mol. The van der Waals surface area contributed by atoms with Crippen LogP contribution in [0.4, 0.5) is 23.7 Å². The first-order chi connectivity index (χ1) is 12.1. The first-order valence-corrected chi connectivity index (χ1v) is 8.40. The van der Waals surface area contributed by atoms with Crippen LogP contribution >= 0.6 is 11.8 Å². The molecule has 3 nitrogen and oxygen atoms in total. The highest BCUT2D eigenvalue weighted by Gasteiger charge is 2.38. The van der Waals surface area contributed by atoms with Gasteiger partial charge in [-0.15, -0.1) is 0 Å². The van der Waals surface area contributed by atoms with Crippen molar-refractivity contribution in [2.75, 3.05) is 4.90 Å². The number of thioether (sulfide) groups is 1. The van der Waals surface area contributed by atoms with Gasteiger partial charge in [0.2, 0.25) is 0 Å². The van der Waals surface area contributed by atoms with Crippen molar-refractivity contribution in [1.82, 2.24) is 0 Å². The van der Waals surface area contributed by atoms with Gasteiger partial charge in [0.15, 0.2) is 0 Å². The Labute approximate surface area is 153 Å². The number of carbonyl (C=O) groups excluding carboxylic acids is 2. The quantitative estimate of drug-likeness (QED) is 0.485. The van der Waals surface area contributed by atoms with Gasteiger partial charge in [0, 0.05) is 0 Å². The van der Waals surface area contributed by atoms with Gasteiger partial charge in [0.25, 0.3) is 11.1 Å². The van der Waals surface area contributed by atoms with Crippen molar-refractivity contribution >= 4 is 28.6 Å². The second kappa shape index (κ2) is 7.78. The van der Waals surface area contributed by atoms with Crippen molar-refractivity contribution in [2.45, 2.75) is 20.0 Å². The third-order valence-electron chi connectivity index (χ3n) is 3.42. The van der Waals surface area contributed by atoms with Crippen molar-refractivity contribution in [3.63, 3.8) is 0 Å². The van der Waals surface area contributed by atoms with Crippen LogP contribution in [-0.2, 0) is 11.0 Å². The second-order valence-corrected chi connectivity index (χ2v) is 6.53. The Morgan fingerprint density at radius 1 is 1.23 bits per heavy atom. The van der Waals surface area contributed by atoms with Crippen LogP contribution in [0.5, 0.6) is 0 Å². The molecule has 0 radical (unpaired) electrons. The highest BCUT2D eigenvalue weighted by atomic mass is 32.2. The van der Waals surface area contributed by atoms with Crippen LogP contribution in [0.2, 0.25) is 0 Å². The molecule has 0 aromatic heterocycles. The van der Waals surface area contributed by atoms with Crippen LogP contribution in [0, 0.1) is 0 Å². The summed E-state index contributed by atoms with van der Waals surface area (Å²) in [7, 11) is 0. The zero-order chi connectivity index (χ0) is 19.5. The van der Waals surface area contributed by atoms with Gasteiger partial charge in [0.05, 0.1) is 16.2 Å². The maximum Gasteiger partial charge on any atom is 0.416 e. The summed E-state index contributed by atoms with van der Waals surface area (Å²) < 4.78 is 38.6. The fourth-order valence-corrected chi connectivity index (χ4v) is 2.97. The predicted octanol–water partition coefficient (Wildman–Crippen LogP) is 5.87. The fraction of sp³-hybridized carbons (Fsp3) is 0.158. The Morgan fingerprint density at radius 2 is 1.92 bits per heavy atom. The molecular weight excluding hydrogens is 363 g/mol. The van der Waals surface area contributed by atoms with E-state index >= 15 is 0 Å². The van der Waals surface area contributed by atoms with Gasteiger partial charge in [-0.25, -0.2) is 4.90 Å². The lowest BCUT2D eigenvalue weighted by atomic mass is 10.1. The van der Waals surface area contributed by atoms with Crippen molar-refractivity contribution in [3.8, 4) is 0 Å². The Hall–Kier alpha value is -2.54. The van der Waals surface area contributed by atoms with E-state index in [0.29, 0.717) is 17.3 Å². The lowest BCUT2D eigenvalue weighted by Crippen LogP contribution is -2.28. The average molecular weight is 379 g/mol. The second-order valence-electron chi connectivity index (χ2n) is 5.53. The molecule has 136 valence electrons. The molecule has 0 bridgehead atoms. The Kier molecular flexibility index (Phi) is 5.92. The molecule has 1 aromatic carbocycles. The Balaban J connectivity index is 2.35. The molecular formula is C19H16F3NO2S. The molecule has 0 aliphatic carbocycles. The van der Waals surface area contributed by atoms with E-state index in [4.69, 9.17) is 0 Å². The van der Waals surface area contributed by atoms with Crippen molar-refractivity contribution in [2.24, 2.45) is 0 Å². The van der Waals surface area contributed by atoms with E-state index in [1.165, 1.54) is 12.1 Å². The number of allylic oxidation sites excluding steroid dienone is 6. The maximum atomic E-state index is 12.9. The topological polar surface area (TPSA) is 37.4 Å². The molecule has 0 spiro atoms. The zero-order valence-corrected chi connectivity index (χ0v) is 14.9. The summed E-state index contributed by atoms with van der Waals surface area (Å²) in [5.41, 5.74) is 0.471. The number of amides is 2. The largest absolute Gasteiger partial charge is 0.416 e. The van der Waals surface area contributed by atoms with E-state index < -0.39 is 22.9 Å². The van der Waals surface area contributed by atoms with E-state index in [1.807, 2.05) is 6.92 Å². The summed E-state index contributed by atoms with van der Waals surface area (Å²) in [6.07, 6.45) is 2.21. The minimum atomic E-state index is -4.56. The third kappa shape index (κ3) is 4.54. The molecule has 0 saturated carbocycles. The Morgan fingerprint density at radius 3 is 2.50 bits per heavy atom. The van der Waals surface area contributed by atoms with E-state index in [1.54, 1.807) is 25.2 Å². The van der Waals surface area contributed by atoms with Gasteiger partial charge in [-0.1, -0.05) is 36.4 Å². The van der Waals surface area contributed by atoms with E-state index in [2.05, 4.69) is 6.58 Å². The maximum absolute atomic E-state index is 12.9. The molecule has 1 aromatic rings. The molecule has 1 heterocycles. The number of anilines is 1. The van der Waals surface area contributed by atoms with Crippen molar-refractivity contribution < 1.29 is 22.8 Å². The summed E-state index contributed by atoms with van der Waals surface area (Å²) in [5, 5.41) is -0.639. The van der Waals surface area contributed by atoms with Gasteiger partial charge < -0.3 is 0 Å². The van der Waals surface area contributed by atoms with Crippen molar-refractivity contribution in [1.29, 1.82) is 0 Å². The first kappa shape index (κ1) is 19.8. The van der Waals surface area contributed by atoms with Crippen LogP contribution in [0.3, 0.4) is 0 Å². The van der Waals surface area contributed by atoms with Crippen LogP contribution in [-0.4, -0.2) is 11.1 Å². The summed E-state index contributed by atoms with van der Waals surface area (Å²) in [5.74, 6) is -0.651. The minimum absolute atomic E-state index is 0.106. The van der Waals surface area contributed by atoms with Crippen LogP contribution in [0.25, 0.3) is 0 Å². The number of halogens is 3. The molecule has 2 rings (SSSR count). The molecule has 0 atom stereocenters. The normalized spacial score (nSPS) is 17.7. The molecule has 1 fully saturated rings. The smallest absolute Gasteiger partial charge is 0.268 e. The average Bonchev–Trinajstić information content (AvgIpc) is 2.84. The Bertz CT molecular complexity index is 851. The first-order valence-electron chi connectivity index (χ1n) is 7.58. The lowest BCUT2D eigenvalue weighted by molar-refractivity contribution is -0.137. The fourth-order valence-electron chi connectivity index (χ4n) is 2.13. The SMILES string of the molecule is C=C(C)/C=C\C(=CC)/C=C1\SC(=O)N(c2cccc(C(F)(F)F)c2)C1=O. The molecule has 1 aliphatic rings.